The molecule has 16 heavy (non-hydrogen) atoms. The summed E-state index contributed by atoms with van der Waals surface area (Å²) in [6.07, 6.45) is 4.50. The van der Waals surface area contributed by atoms with Gasteiger partial charge in [-0.2, -0.15) is 0 Å². The van der Waals surface area contributed by atoms with Crippen LogP contribution in [0.4, 0.5) is 0 Å². The monoisotopic (exact) mass is 243 g/mol. The molecule has 0 fully saturated rings. The van der Waals surface area contributed by atoms with Crippen LogP contribution in [0.25, 0.3) is 0 Å². The van der Waals surface area contributed by atoms with E-state index in [4.69, 9.17) is 16.3 Å². The summed E-state index contributed by atoms with van der Waals surface area (Å²) in [7, 11) is 1.65. The van der Waals surface area contributed by atoms with Crippen LogP contribution in [-0.4, -0.2) is 36.1 Å². The minimum Gasteiger partial charge on any atom is -0.385 e. The summed E-state index contributed by atoms with van der Waals surface area (Å²) in [6.45, 7) is 1.31. The topological polar surface area (TPSA) is 64.1 Å². The lowest BCUT2D eigenvalue weighted by Crippen LogP contribution is -2.25. The zero-order valence-electron chi connectivity index (χ0n) is 9.07. The van der Waals surface area contributed by atoms with Crippen molar-refractivity contribution in [2.75, 3.05) is 20.3 Å². The van der Waals surface area contributed by atoms with Gasteiger partial charge >= 0.3 is 0 Å². The van der Waals surface area contributed by atoms with Gasteiger partial charge in [0.15, 0.2) is 0 Å². The molecule has 0 aromatic carbocycles. The first kappa shape index (κ1) is 12.9. The molecule has 0 bridgehead atoms. The van der Waals surface area contributed by atoms with Gasteiger partial charge in [-0.25, -0.2) is 9.97 Å². The fourth-order valence-electron chi connectivity index (χ4n) is 1.09. The Hall–Kier alpha value is -1.20. The Kier molecular flexibility index (Phi) is 5.74. The number of nitrogens with zero attached hydrogens (tertiary/aromatic N) is 2. The second-order valence-corrected chi connectivity index (χ2v) is 3.57. The smallest absolute Gasteiger partial charge is 0.271 e. The average molecular weight is 244 g/mol. The molecule has 0 atom stereocenters. The van der Waals surface area contributed by atoms with E-state index in [-0.39, 0.29) is 16.8 Å². The maximum atomic E-state index is 11.5. The van der Waals surface area contributed by atoms with Crippen molar-refractivity contribution in [2.45, 2.75) is 12.8 Å². The van der Waals surface area contributed by atoms with Crippen molar-refractivity contribution in [3.8, 4) is 0 Å². The third-order valence-corrected chi connectivity index (χ3v) is 2.11. The highest BCUT2D eigenvalue weighted by Gasteiger charge is 2.06. The van der Waals surface area contributed by atoms with Crippen LogP contribution in [0.15, 0.2) is 12.4 Å². The molecule has 0 saturated heterocycles. The van der Waals surface area contributed by atoms with Crippen molar-refractivity contribution in [1.82, 2.24) is 15.3 Å². The third kappa shape index (κ3) is 4.55. The Labute approximate surface area is 99.2 Å². The van der Waals surface area contributed by atoms with E-state index < -0.39 is 0 Å². The molecule has 0 saturated carbocycles. The highest BCUT2D eigenvalue weighted by atomic mass is 35.5. The van der Waals surface area contributed by atoms with Crippen LogP contribution in [-0.2, 0) is 4.74 Å². The van der Waals surface area contributed by atoms with E-state index in [1.165, 1.54) is 12.4 Å². The van der Waals surface area contributed by atoms with Gasteiger partial charge in [0.25, 0.3) is 5.91 Å². The van der Waals surface area contributed by atoms with Crippen LogP contribution < -0.4 is 5.32 Å². The molecule has 1 N–H and O–H groups in total. The minimum atomic E-state index is -0.235. The van der Waals surface area contributed by atoms with Gasteiger partial charge in [0, 0.05) is 20.3 Å². The molecule has 1 rings (SSSR count). The second-order valence-electron chi connectivity index (χ2n) is 3.18. The summed E-state index contributed by atoms with van der Waals surface area (Å²) in [5.74, 6) is -0.235. The van der Waals surface area contributed by atoms with Crippen LogP contribution in [0.2, 0.25) is 5.15 Å². The second kappa shape index (κ2) is 7.14. The van der Waals surface area contributed by atoms with E-state index in [2.05, 4.69) is 15.3 Å². The zero-order valence-corrected chi connectivity index (χ0v) is 9.83. The molecule has 0 aliphatic rings. The van der Waals surface area contributed by atoms with E-state index in [0.717, 1.165) is 12.8 Å². The number of aromatic nitrogens is 2. The molecule has 0 spiro atoms. The molecule has 1 aromatic heterocycles. The van der Waals surface area contributed by atoms with Crippen LogP contribution in [0.3, 0.4) is 0 Å². The van der Waals surface area contributed by atoms with Crippen LogP contribution in [0, 0.1) is 0 Å². The molecular weight excluding hydrogens is 230 g/mol. The van der Waals surface area contributed by atoms with Crippen LogP contribution in [0.5, 0.6) is 0 Å². The number of hydrogen-bond donors (Lipinski definition) is 1. The van der Waals surface area contributed by atoms with Gasteiger partial charge in [-0.05, 0) is 12.8 Å². The number of amides is 1. The maximum Gasteiger partial charge on any atom is 0.271 e. The van der Waals surface area contributed by atoms with E-state index in [1.54, 1.807) is 7.11 Å². The number of unbranched alkanes of at least 4 members (excludes halogenated alkanes) is 1. The van der Waals surface area contributed by atoms with E-state index in [9.17, 15) is 4.79 Å². The predicted octanol–water partition coefficient (Wildman–Crippen LogP) is 1.29. The molecule has 1 heterocycles. The van der Waals surface area contributed by atoms with Crippen molar-refractivity contribution in [3.05, 3.63) is 23.2 Å². The summed E-state index contributed by atoms with van der Waals surface area (Å²) in [6, 6.07) is 0. The highest BCUT2D eigenvalue weighted by Crippen LogP contribution is 2.01. The number of ether oxygens (including phenoxy) is 1. The Bertz CT molecular complexity index is 329. The number of methoxy groups -OCH3 is 1. The average Bonchev–Trinajstić information content (AvgIpc) is 2.29. The first-order valence-electron chi connectivity index (χ1n) is 4.98. The van der Waals surface area contributed by atoms with Gasteiger partial charge in [0.1, 0.15) is 10.8 Å². The number of halogens is 1. The molecule has 5 nitrogen and oxygen atoms in total. The normalized spacial score (nSPS) is 10.1. The quantitative estimate of drug-likeness (QED) is 0.765. The standard InChI is InChI=1S/C10H14ClN3O2/c1-16-5-3-2-4-12-10(15)8-6-14-9(11)7-13-8/h6-7H,2-5H2,1H3,(H,12,15). The van der Waals surface area contributed by atoms with Crippen molar-refractivity contribution in [1.29, 1.82) is 0 Å². The Morgan fingerprint density at radius 2 is 2.25 bits per heavy atom. The summed E-state index contributed by atoms with van der Waals surface area (Å²) in [5, 5.41) is 3.01. The number of hydrogen-bond acceptors (Lipinski definition) is 4. The van der Waals surface area contributed by atoms with Crippen molar-refractivity contribution in [2.24, 2.45) is 0 Å². The molecule has 1 aromatic rings. The van der Waals surface area contributed by atoms with Crippen LogP contribution in [0.1, 0.15) is 23.3 Å². The first-order chi connectivity index (χ1) is 7.74. The third-order valence-electron chi connectivity index (χ3n) is 1.91. The highest BCUT2D eigenvalue weighted by molar-refractivity contribution is 6.29. The molecule has 0 aliphatic heterocycles. The SMILES string of the molecule is COCCCCNC(=O)c1cnc(Cl)cn1. The van der Waals surface area contributed by atoms with Crippen molar-refractivity contribution < 1.29 is 9.53 Å². The molecular formula is C10H14ClN3O2. The first-order valence-corrected chi connectivity index (χ1v) is 5.36. The largest absolute Gasteiger partial charge is 0.385 e. The molecule has 0 aliphatic carbocycles. The van der Waals surface area contributed by atoms with Gasteiger partial charge in [0.2, 0.25) is 0 Å². The van der Waals surface area contributed by atoms with E-state index in [1.807, 2.05) is 0 Å². The van der Waals surface area contributed by atoms with Gasteiger partial charge < -0.3 is 10.1 Å². The molecule has 1 amide bonds. The lowest BCUT2D eigenvalue weighted by molar-refractivity contribution is 0.0946. The molecule has 88 valence electrons. The summed E-state index contributed by atoms with van der Waals surface area (Å²) in [5.41, 5.74) is 0.274. The fraction of sp³-hybridized carbons (Fsp3) is 0.500. The van der Waals surface area contributed by atoms with Gasteiger partial charge in [-0.1, -0.05) is 11.6 Å². The fourth-order valence-corrected chi connectivity index (χ4v) is 1.19. The Morgan fingerprint density at radius 1 is 1.44 bits per heavy atom. The summed E-state index contributed by atoms with van der Waals surface area (Å²) in [4.78, 5) is 19.1. The lowest BCUT2D eigenvalue weighted by atomic mass is 10.3. The number of nitrogens with one attached hydrogen (secondary N) is 1. The molecule has 6 heteroatoms. The van der Waals surface area contributed by atoms with Gasteiger partial charge in [-0.3, -0.25) is 4.79 Å². The zero-order chi connectivity index (χ0) is 11.8. The minimum absolute atomic E-state index is 0.235. The van der Waals surface area contributed by atoms with Crippen LogP contribution >= 0.6 is 11.6 Å². The van der Waals surface area contributed by atoms with Crippen molar-refractivity contribution >= 4 is 17.5 Å². The number of carbonyl (C=O) groups is 1. The Morgan fingerprint density at radius 3 is 2.88 bits per heavy atom. The Balaban J connectivity index is 2.27. The maximum absolute atomic E-state index is 11.5. The summed E-state index contributed by atoms with van der Waals surface area (Å²) >= 11 is 5.56. The van der Waals surface area contributed by atoms with Gasteiger partial charge in [0.05, 0.1) is 12.4 Å². The lowest BCUT2D eigenvalue weighted by Gasteiger charge is -2.03. The van der Waals surface area contributed by atoms with Crippen molar-refractivity contribution in [3.63, 3.8) is 0 Å². The number of rotatable bonds is 6. The predicted molar refractivity (Wildman–Crippen MR) is 60.5 cm³/mol. The molecule has 0 radical (unpaired) electrons. The van der Waals surface area contributed by atoms with E-state index in [0.29, 0.717) is 13.2 Å². The van der Waals surface area contributed by atoms with Gasteiger partial charge in [-0.15, -0.1) is 0 Å². The summed E-state index contributed by atoms with van der Waals surface area (Å²) < 4.78 is 4.90. The number of carbonyl (C=O) groups excluding carboxylic acids is 1. The van der Waals surface area contributed by atoms with E-state index >= 15 is 0 Å². The molecule has 0 unspecified atom stereocenters.